The van der Waals surface area contributed by atoms with E-state index in [1.165, 1.54) is 0 Å². The van der Waals surface area contributed by atoms with Crippen LogP contribution in [0.15, 0.2) is 30.7 Å². The van der Waals surface area contributed by atoms with Gasteiger partial charge in [0.1, 0.15) is 12.2 Å². The van der Waals surface area contributed by atoms with Crippen molar-refractivity contribution >= 4 is 28.3 Å². The normalized spacial score (nSPS) is 11.6. The zero-order valence-corrected chi connectivity index (χ0v) is 12.9. The Morgan fingerprint density at radius 1 is 1.18 bits per heavy atom. The lowest BCUT2D eigenvalue weighted by Gasteiger charge is -2.05. The fraction of sp³-hybridized carbons (Fsp3) is 0.200. The molecule has 3 heterocycles. The molecule has 6 nitrogen and oxygen atoms in total. The van der Waals surface area contributed by atoms with Gasteiger partial charge in [-0.15, -0.1) is 10.2 Å². The number of fused-ring (bicyclic) bond motifs is 3. The number of aryl methyl sites for hydroxylation is 2. The standard InChI is InChI=1S/C15H13ClN6/c1-3-13-19-20-15-11-7-18-22(14(11)17-8-21(13)15)10-5-4-9(2)12(16)6-10/h4-8H,3H2,1-2H3. The Labute approximate surface area is 131 Å². The van der Waals surface area contributed by atoms with Gasteiger partial charge in [-0.05, 0) is 24.6 Å². The average molecular weight is 313 g/mol. The Hall–Kier alpha value is -2.47. The summed E-state index contributed by atoms with van der Waals surface area (Å²) in [5.41, 5.74) is 3.41. The second kappa shape index (κ2) is 4.78. The SMILES string of the molecule is CCc1nnc2c3cnn(-c4ccc(C)c(Cl)c4)c3ncn12. The van der Waals surface area contributed by atoms with Gasteiger partial charge in [-0.3, -0.25) is 4.40 Å². The van der Waals surface area contributed by atoms with Crippen LogP contribution in [-0.2, 0) is 6.42 Å². The Morgan fingerprint density at radius 3 is 2.82 bits per heavy atom. The molecule has 0 unspecified atom stereocenters. The number of rotatable bonds is 2. The van der Waals surface area contributed by atoms with Gasteiger partial charge < -0.3 is 0 Å². The van der Waals surface area contributed by atoms with Gasteiger partial charge in [0, 0.05) is 11.4 Å². The van der Waals surface area contributed by atoms with Gasteiger partial charge >= 0.3 is 0 Å². The van der Waals surface area contributed by atoms with Crippen LogP contribution in [0.2, 0.25) is 5.02 Å². The Morgan fingerprint density at radius 2 is 2.05 bits per heavy atom. The molecule has 3 aromatic heterocycles. The van der Waals surface area contributed by atoms with Crippen LogP contribution in [0.25, 0.3) is 22.4 Å². The molecule has 0 amide bonds. The molecule has 0 radical (unpaired) electrons. The van der Waals surface area contributed by atoms with E-state index in [0.29, 0.717) is 5.02 Å². The lowest BCUT2D eigenvalue weighted by molar-refractivity contribution is 0.879. The third-order valence-corrected chi connectivity index (χ3v) is 4.17. The number of halogens is 1. The molecule has 0 atom stereocenters. The third kappa shape index (κ3) is 1.80. The van der Waals surface area contributed by atoms with Crippen molar-refractivity contribution in [2.45, 2.75) is 20.3 Å². The zero-order chi connectivity index (χ0) is 15.3. The average Bonchev–Trinajstić information content (AvgIpc) is 3.12. The molecule has 0 aliphatic rings. The van der Waals surface area contributed by atoms with E-state index in [0.717, 1.165) is 40.2 Å². The minimum atomic E-state index is 0.706. The number of hydrogen-bond donors (Lipinski definition) is 0. The molecule has 110 valence electrons. The first kappa shape index (κ1) is 13.2. The molecule has 4 aromatic rings. The predicted molar refractivity (Wildman–Crippen MR) is 84.5 cm³/mol. The van der Waals surface area contributed by atoms with E-state index in [1.807, 2.05) is 36.4 Å². The Balaban J connectivity index is 1.98. The van der Waals surface area contributed by atoms with Crippen LogP contribution in [0, 0.1) is 6.92 Å². The highest BCUT2D eigenvalue weighted by molar-refractivity contribution is 6.31. The summed E-state index contributed by atoms with van der Waals surface area (Å²) in [5.74, 6) is 0.885. The van der Waals surface area contributed by atoms with E-state index in [9.17, 15) is 0 Å². The topological polar surface area (TPSA) is 60.9 Å². The molecule has 0 aliphatic heterocycles. The molecule has 1 aromatic carbocycles. The number of nitrogens with zero attached hydrogens (tertiary/aromatic N) is 6. The Kier molecular flexibility index (Phi) is 2.87. The fourth-order valence-electron chi connectivity index (χ4n) is 2.51. The van der Waals surface area contributed by atoms with E-state index in [1.54, 1.807) is 17.2 Å². The van der Waals surface area contributed by atoms with Crippen molar-refractivity contribution in [3.05, 3.63) is 47.1 Å². The summed E-state index contributed by atoms with van der Waals surface area (Å²) in [7, 11) is 0. The van der Waals surface area contributed by atoms with E-state index in [2.05, 4.69) is 20.3 Å². The van der Waals surface area contributed by atoms with Crippen LogP contribution >= 0.6 is 11.6 Å². The fourth-order valence-corrected chi connectivity index (χ4v) is 2.68. The maximum atomic E-state index is 6.21. The van der Waals surface area contributed by atoms with Crippen LogP contribution < -0.4 is 0 Å². The van der Waals surface area contributed by atoms with Crippen molar-refractivity contribution in [1.29, 1.82) is 0 Å². The van der Waals surface area contributed by atoms with E-state index >= 15 is 0 Å². The maximum absolute atomic E-state index is 6.21. The van der Waals surface area contributed by atoms with Crippen molar-refractivity contribution in [3.8, 4) is 5.69 Å². The monoisotopic (exact) mass is 312 g/mol. The van der Waals surface area contributed by atoms with Gasteiger partial charge in [0.15, 0.2) is 11.3 Å². The predicted octanol–water partition coefficient (Wildman–Crippen LogP) is 2.99. The highest BCUT2D eigenvalue weighted by Gasteiger charge is 2.13. The molecular formula is C15H13ClN6. The van der Waals surface area contributed by atoms with Crippen molar-refractivity contribution in [2.24, 2.45) is 0 Å². The van der Waals surface area contributed by atoms with Crippen LogP contribution in [0.3, 0.4) is 0 Å². The van der Waals surface area contributed by atoms with Crippen molar-refractivity contribution in [2.75, 3.05) is 0 Å². The molecule has 4 rings (SSSR count). The summed E-state index contributed by atoms with van der Waals surface area (Å²) in [6.45, 7) is 4.01. The summed E-state index contributed by atoms with van der Waals surface area (Å²) in [6.07, 6.45) is 4.31. The number of aromatic nitrogens is 6. The lowest BCUT2D eigenvalue weighted by Crippen LogP contribution is -2.00. The van der Waals surface area contributed by atoms with Gasteiger partial charge in [-0.2, -0.15) is 5.10 Å². The Bertz CT molecular complexity index is 1000. The molecule has 22 heavy (non-hydrogen) atoms. The minimum absolute atomic E-state index is 0.706. The first-order chi connectivity index (χ1) is 10.7. The van der Waals surface area contributed by atoms with Crippen LogP contribution in [-0.4, -0.2) is 29.4 Å². The van der Waals surface area contributed by atoms with Crippen molar-refractivity contribution in [3.63, 3.8) is 0 Å². The van der Waals surface area contributed by atoms with Crippen LogP contribution in [0.1, 0.15) is 18.3 Å². The van der Waals surface area contributed by atoms with Gasteiger partial charge in [-0.1, -0.05) is 24.6 Å². The van der Waals surface area contributed by atoms with Crippen LogP contribution in [0.4, 0.5) is 0 Å². The number of hydrogen-bond acceptors (Lipinski definition) is 4. The summed E-state index contributed by atoms with van der Waals surface area (Å²) in [6, 6.07) is 5.83. The molecule has 0 saturated heterocycles. The highest BCUT2D eigenvalue weighted by Crippen LogP contribution is 2.23. The first-order valence-corrected chi connectivity index (χ1v) is 7.39. The van der Waals surface area contributed by atoms with Gasteiger partial charge in [0.2, 0.25) is 0 Å². The van der Waals surface area contributed by atoms with Gasteiger partial charge in [0.25, 0.3) is 0 Å². The molecule has 0 spiro atoms. The van der Waals surface area contributed by atoms with E-state index in [-0.39, 0.29) is 0 Å². The minimum Gasteiger partial charge on any atom is -0.269 e. The lowest BCUT2D eigenvalue weighted by atomic mass is 10.2. The molecule has 0 N–H and O–H groups in total. The van der Waals surface area contributed by atoms with Crippen molar-refractivity contribution < 1.29 is 0 Å². The quantitative estimate of drug-likeness (QED) is 0.571. The summed E-state index contributed by atoms with van der Waals surface area (Å²) < 4.78 is 3.66. The molecular weight excluding hydrogens is 300 g/mol. The number of benzene rings is 1. The highest BCUT2D eigenvalue weighted by atomic mass is 35.5. The van der Waals surface area contributed by atoms with E-state index in [4.69, 9.17) is 11.6 Å². The second-order valence-electron chi connectivity index (χ2n) is 5.14. The largest absolute Gasteiger partial charge is 0.269 e. The van der Waals surface area contributed by atoms with Gasteiger partial charge in [-0.25, -0.2) is 9.67 Å². The summed E-state index contributed by atoms with van der Waals surface area (Å²) in [4.78, 5) is 4.52. The third-order valence-electron chi connectivity index (χ3n) is 3.76. The second-order valence-corrected chi connectivity index (χ2v) is 5.54. The first-order valence-electron chi connectivity index (χ1n) is 7.02. The van der Waals surface area contributed by atoms with Gasteiger partial charge in [0.05, 0.1) is 17.3 Å². The smallest absolute Gasteiger partial charge is 0.174 e. The molecule has 7 heteroatoms. The maximum Gasteiger partial charge on any atom is 0.174 e. The molecule has 0 bridgehead atoms. The molecule has 0 fully saturated rings. The van der Waals surface area contributed by atoms with Crippen LogP contribution in [0.5, 0.6) is 0 Å². The summed E-state index contributed by atoms with van der Waals surface area (Å²) >= 11 is 6.21. The molecule has 0 saturated carbocycles. The van der Waals surface area contributed by atoms with Crippen molar-refractivity contribution in [1.82, 2.24) is 29.4 Å². The molecule has 0 aliphatic carbocycles. The van der Waals surface area contributed by atoms with E-state index < -0.39 is 0 Å². The zero-order valence-electron chi connectivity index (χ0n) is 12.2. The summed E-state index contributed by atoms with van der Waals surface area (Å²) in [5, 5.41) is 14.4.